The molecule has 2 atom stereocenters. The minimum atomic E-state index is -0.351. The van der Waals surface area contributed by atoms with Gasteiger partial charge >= 0.3 is 0 Å². The molecule has 3 aromatic carbocycles. The molecule has 8 heteroatoms. The number of hydrazone groups is 1. The van der Waals surface area contributed by atoms with Crippen molar-refractivity contribution < 1.29 is 9.59 Å². The molecule has 0 aliphatic carbocycles. The van der Waals surface area contributed by atoms with Crippen molar-refractivity contribution in [3.63, 3.8) is 0 Å². The molecule has 0 radical (unpaired) electrons. The SMILES string of the molecule is CC1=C2C(Nc3cc(NC(=O)c4ccccc4)ccc3C)=NC=NN2CC1C(=O)N[C@@H](C)c1ccccc1. The molecule has 0 saturated carbocycles. The van der Waals surface area contributed by atoms with E-state index >= 15 is 0 Å². The van der Waals surface area contributed by atoms with Gasteiger partial charge in [0.25, 0.3) is 5.91 Å². The van der Waals surface area contributed by atoms with Crippen LogP contribution in [-0.2, 0) is 4.79 Å². The van der Waals surface area contributed by atoms with E-state index in [9.17, 15) is 9.59 Å². The monoisotopic (exact) mass is 506 g/mol. The molecular formula is C30H30N6O2. The molecule has 0 fully saturated rings. The Labute approximate surface area is 222 Å². The highest BCUT2D eigenvalue weighted by Gasteiger charge is 2.37. The number of amidine groups is 1. The number of amides is 2. The summed E-state index contributed by atoms with van der Waals surface area (Å²) < 4.78 is 0. The van der Waals surface area contributed by atoms with E-state index in [2.05, 4.69) is 26.0 Å². The lowest BCUT2D eigenvalue weighted by molar-refractivity contribution is -0.124. The number of hydrogen-bond donors (Lipinski definition) is 3. The summed E-state index contributed by atoms with van der Waals surface area (Å²) in [6.45, 7) is 6.36. The average molecular weight is 507 g/mol. The van der Waals surface area contributed by atoms with Crippen LogP contribution in [0.2, 0.25) is 0 Å². The van der Waals surface area contributed by atoms with Crippen LogP contribution in [0.15, 0.2) is 100 Å². The van der Waals surface area contributed by atoms with Crippen LogP contribution in [0.1, 0.15) is 41.4 Å². The molecule has 0 aromatic heterocycles. The van der Waals surface area contributed by atoms with Crippen LogP contribution in [-0.4, -0.2) is 35.5 Å². The maximum absolute atomic E-state index is 13.2. The number of rotatable bonds is 6. The van der Waals surface area contributed by atoms with E-state index in [1.807, 2.05) is 92.5 Å². The highest BCUT2D eigenvalue weighted by atomic mass is 16.2. The molecule has 2 aliphatic rings. The lowest BCUT2D eigenvalue weighted by Gasteiger charge is -2.23. The fraction of sp³-hybridized carbons (Fsp3) is 0.200. The number of nitrogens with zero attached hydrogens (tertiary/aromatic N) is 3. The van der Waals surface area contributed by atoms with Gasteiger partial charge in [0, 0.05) is 16.9 Å². The van der Waals surface area contributed by atoms with Crippen molar-refractivity contribution in [3.8, 4) is 0 Å². The molecule has 5 rings (SSSR count). The fourth-order valence-electron chi connectivity index (χ4n) is 4.66. The summed E-state index contributed by atoms with van der Waals surface area (Å²) in [6, 6.07) is 24.6. The number of hydrogen-bond acceptors (Lipinski definition) is 6. The van der Waals surface area contributed by atoms with Crippen LogP contribution < -0.4 is 16.0 Å². The molecule has 3 N–H and O–H groups in total. The first-order chi connectivity index (χ1) is 18.4. The molecule has 2 aliphatic heterocycles. The summed E-state index contributed by atoms with van der Waals surface area (Å²) in [4.78, 5) is 30.4. The van der Waals surface area contributed by atoms with Crippen molar-refractivity contribution in [3.05, 3.63) is 107 Å². The van der Waals surface area contributed by atoms with Crippen LogP contribution in [0.3, 0.4) is 0 Å². The number of aryl methyl sites for hydroxylation is 1. The van der Waals surface area contributed by atoms with E-state index in [1.165, 1.54) is 6.34 Å². The fourth-order valence-corrected chi connectivity index (χ4v) is 4.66. The van der Waals surface area contributed by atoms with Crippen molar-refractivity contribution in [1.29, 1.82) is 0 Å². The molecule has 192 valence electrons. The van der Waals surface area contributed by atoms with Crippen LogP contribution in [0.25, 0.3) is 0 Å². The molecule has 2 heterocycles. The Hall–Kier alpha value is -4.72. The van der Waals surface area contributed by atoms with Gasteiger partial charge in [0.1, 0.15) is 12.0 Å². The van der Waals surface area contributed by atoms with Gasteiger partial charge in [0.2, 0.25) is 5.91 Å². The van der Waals surface area contributed by atoms with Gasteiger partial charge in [-0.2, -0.15) is 5.10 Å². The number of nitrogens with one attached hydrogen (secondary N) is 3. The highest BCUT2D eigenvalue weighted by molar-refractivity contribution is 6.13. The quantitative estimate of drug-likeness (QED) is 0.433. The number of carbonyl (C=O) groups excluding carboxylic acids is 2. The molecule has 3 aromatic rings. The van der Waals surface area contributed by atoms with E-state index in [4.69, 9.17) is 0 Å². The van der Waals surface area contributed by atoms with Crippen LogP contribution in [0.5, 0.6) is 0 Å². The zero-order valence-electron chi connectivity index (χ0n) is 21.6. The number of fused-ring (bicyclic) bond motifs is 1. The summed E-state index contributed by atoms with van der Waals surface area (Å²) in [5.74, 6) is 0.0355. The minimum Gasteiger partial charge on any atom is -0.349 e. The molecule has 0 saturated heterocycles. The molecule has 0 spiro atoms. The van der Waals surface area contributed by atoms with Gasteiger partial charge in [-0.15, -0.1) is 0 Å². The lowest BCUT2D eigenvalue weighted by Crippen LogP contribution is -2.35. The highest BCUT2D eigenvalue weighted by Crippen LogP contribution is 2.32. The summed E-state index contributed by atoms with van der Waals surface area (Å²) in [6.07, 6.45) is 1.49. The Balaban J connectivity index is 1.33. The predicted molar refractivity (Wildman–Crippen MR) is 151 cm³/mol. The zero-order valence-corrected chi connectivity index (χ0v) is 21.6. The van der Waals surface area contributed by atoms with Crippen molar-refractivity contribution >= 4 is 35.4 Å². The van der Waals surface area contributed by atoms with Gasteiger partial charge in [0.05, 0.1) is 18.5 Å². The lowest BCUT2D eigenvalue weighted by atomic mass is 10.00. The van der Waals surface area contributed by atoms with Gasteiger partial charge in [-0.1, -0.05) is 54.6 Å². The maximum atomic E-state index is 13.2. The molecule has 2 amide bonds. The third-order valence-electron chi connectivity index (χ3n) is 6.87. The van der Waals surface area contributed by atoms with Crippen molar-refractivity contribution in [2.75, 3.05) is 17.2 Å². The Bertz CT molecular complexity index is 1450. The predicted octanol–water partition coefficient (Wildman–Crippen LogP) is 5.10. The van der Waals surface area contributed by atoms with E-state index in [0.29, 0.717) is 23.6 Å². The second kappa shape index (κ2) is 10.7. The van der Waals surface area contributed by atoms with Crippen molar-refractivity contribution in [2.24, 2.45) is 16.0 Å². The molecular weight excluding hydrogens is 476 g/mol. The average Bonchev–Trinajstić information content (AvgIpc) is 3.28. The number of anilines is 2. The first kappa shape index (κ1) is 25.0. The third kappa shape index (κ3) is 5.20. The summed E-state index contributed by atoms with van der Waals surface area (Å²) in [5.41, 5.74) is 5.79. The molecule has 0 bridgehead atoms. The van der Waals surface area contributed by atoms with Gasteiger partial charge in [-0.05, 0) is 61.7 Å². The topological polar surface area (TPSA) is 98.2 Å². The Morgan fingerprint density at radius 3 is 2.42 bits per heavy atom. The zero-order chi connectivity index (χ0) is 26.6. The van der Waals surface area contributed by atoms with Gasteiger partial charge in [0.15, 0.2) is 5.84 Å². The van der Waals surface area contributed by atoms with E-state index in [1.54, 1.807) is 12.1 Å². The Morgan fingerprint density at radius 1 is 0.974 bits per heavy atom. The molecule has 8 nitrogen and oxygen atoms in total. The van der Waals surface area contributed by atoms with E-state index in [-0.39, 0.29) is 23.8 Å². The first-order valence-corrected chi connectivity index (χ1v) is 12.6. The standard InChI is InChI=1S/C30H30N6O2/c1-19-14-15-24(34-29(37)23-12-8-5-9-13-23)16-26(19)35-28-27-20(2)25(17-36(27)32-18-31-28)30(38)33-21(3)22-10-6-4-7-11-22/h4-16,18,21,25H,17H2,1-3H3,(H,33,38)(H,34,37)(H,31,32,35)/t21-,25?/m0/s1. The van der Waals surface area contributed by atoms with Gasteiger partial charge in [-0.3, -0.25) is 14.6 Å². The molecule has 38 heavy (non-hydrogen) atoms. The minimum absolute atomic E-state index is 0.0443. The first-order valence-electron chi connectivity index (χ1n) is 12.6. The van der Waals surface area contributed by atoms with Crippen LogP contribution in [0.4, 0.5) is 11.4 Å². The Morgan fingerprint density at radius 2 is 1.68 bits per heavy atom. The second-order valence-electron chi connectivity index (χ2n) is 9.49. The number of aliphatic imine (C=N–C) groups is 1. The van der Waals surface area contributed by atoms with Crippen molar-refractivity contribution in [2.45, 2.75) is 26.8 Å². The van der Waals surface area contributed by atoms with E-state index in [0.717, 1.165) is 28.1 Å². The van der Waals surface area contributed by atoms with Gasteiger partial charge < -0.3 is 16.0 Å². The normalized spacial score (nSPS) is 17.0. The molecule has 1 unspecified atom stereocenters. The van der Waals surface area contributed by atoms with Crippen molar-refractivity contribution in [1.82, 2.24) is 10.3 Å². The van der Waals surface area contributed by atoms with E-state index < -0.39 is 0 Å². The Kier molecular flexibility index (Phi) is 7.04. The summed E-state index contributed by atoms with van der Waals surface area (Å²) >= 11 is 0. The summed E-state index contributed by atoms with van der Waals surface area (Å²) in [5, 5.41) is 15.7. The number of carbonyl (C=O) groups is 2. The maximum Gasteiger partial charge on any atom is 0.255 e. The third-order valence-corrected chi connectivity index (χ3v) is 6.87. The smallest absolute Gasteiger partial charge is 0.255 e. The van der Waals surface area contributed by atoms with Crippen LogP contribution >= 0.6 is 0 Å². The summed E-state index contributed by atoms with van der Waals surface area (Å²) in [7, 11) is 0. The largest absolute Gasteiger partial charge is 0.349 e. The second-order valence-corrected chi connectivity index (χ2v) is 9.49. The number of benzene rings is 3. The van der Waals surface area contributed by atoms with Crippen LogP contribution in [0, 0.1) is 12.8 Å². The van der Waals surface area contributed by atoms with Gasteiger partial charge in [-0.25, -0.2) is 4.99 Å².